The van der Waals surface area contributed by atoms with Gasteiger partial charge in [0.15, 0.2) is 0 Å². The quantitative estimate of drug-likeness (QED) is 0.836. The summed E-state index contributed by atoms with van der Waals surface area (Å²) in [6.07, 6.45) is 3.70. The van der Waals surface area contributed by atoms with Gasteiger partial charge in [-0.3, -0.25) is 9.69 Å². The zero-order valence-corrected chi connectivity index (χ0v) is 14.1. The number of carbonyl (C=O) groups excluding carboxylic acids is 1. The molecule has 25 heavy (non-hydrogen) atoms. The van der Waals surface area contributed by atoms with Gasteiger partial charge in [-0.15, -0.1) is 0 Å². The molecule has 2 fully saturated rings. The molecular formula is C18H21FN4O2. The Morgan fingerprint density at radius 2 is 2.20 bits per heavy atom. The number of aromatic nitrogens is 2. The van der Waals surface area contributed by atoms with Crippen molar-refractivity contribution in [3.8, 4) is 0 Å². The van der Waals surface area contributed by atoms with Gasteiger partial charge >= 0.3 is 0 Å². The van der Waals surface area contributed by atoms with E-state index in [1.165, 1.54) is 12.1 Å². The summed E-state index contributed by atoms with van der Waals surface area (Å²) in [6.45, 7) is 2.73. The van der Waals surface area contributed by atoms with Crippen LogP contribution < -0.4 is 0 Å². The second-order valence-electron chi connectivity index (χ2n) is 6.72. The summed E-state index contributed by atoms with van der Waals surface area (Å²) in [6, 6.07) is 6.41. The number of aryl methyl sites for hydroxylation is 1. The number of hydrogen-bond donors (Lipinski definition) is 0. The maximum atomic E-state index is 13.5. The van der Waals surface area contributed by atoms with Crippen molar-refractivity contribution in [2.45, 2.75) is 25.2 Å². The predicted molar refractivity (Wildman–Crippen MR) is 89.0 cm³/mol. The number of likely N-dealkylation sites (tertiary alicyclic amines) is 1. The molecule has 2 aliphatic rings. The van der Waals surface area contributed by atoms with Crippen molar-refractivity contribution in [1.29, 1.82) is 0 Å². The van der Waals surface area contributed by atoms with Gasteiger partial charge in [0.25, 0.3) is 0 Å². The first-order chi connectivity index (χ1) is 12.1. The van der Waals surface area contributed by atoms with Gasteiger partial charge in [0.05, 0.1) is 18.7 Å². The molecule has 132 valence electrons. The zero-order chi connectivity index (χ0) is 17.4. The minimum Gasteiger partial charge on any atom is -0.365 e. The monoisotopic (exact) mass is 344 g/mol. The van der Waals surface area contributed by atoms with E-state index in [9.17, 15) is 9.18 Å². The van der Waals surface area contributed by atoms with E-state index in [2.05, 4.69) is 9.88 Å². The number of halogens is 1. The van der Waals surface area contributed by atoms with Crippen LogP contribution in [0.2, 0.25) is 0 Å². The van der Waals surface area contributed by atoms with Crippen LogP contribution in [-0.2, 0) is 29.7 Å². The Balaban J connectivity index is 1.48. The minimum atomic E-state index is -0.280. The van der Waals surface area contributed by atoms with Gasteiger partial charge in [0.2, 0.25) is 5.91 Å². The number of ether oxygens (including phenoxy) is 1. The van der Waals surface area contributed by atoms with Crippen LogP contribution in [0.1, 0.15) is 11.4 Å². The van der Waals surface area contributed by atoms with E-state index in [4.69, 9.17) is 4.74 Å². The third kappa shape index (κ3) is 3.29. The van der Waals surface area contributed by atoms with E-state index in [1.807, 2.05) is 28.8 Å². The lowest BCUT2D eigenvalue weighted by molar-refractivity contribution is -0.153. The first kappa shape index (κ1) is 16.2. The third-order valence-corrected chi connectivity index (χ3v) is 4.98. The molecule has 2 aromatic rings. The lowest BCUT2D eigenvalue weighted by atomic mass is 10.1. The fourth-order valence-corrected chi connectivity index (χ4v) is 3.66. The smallest absolute Gasteiger partial charge is 0.249 e. The average Bonchev–Trinajstić information content (AvgIpc) is 3.17. The first-order valence-corrected chi connectivity index (χ1v) is 8.44. The van der Waals surface area contributed by atoms with Gasteiger partial charge in [-0.25, -0.2) is 9.37 Å². The van der Waals surface area contributed by atoms with Crippen LogP contribution in [0.15, 0.2) is 36.7 Å². The number of imidazole rings is 1. The van der Waals surface area contributed by atoms with Crippen molar-refractivity contribution in [3.63, 3.8) is 0 Å². The normalized spacial score (nSPS) is 23.9. The standard InChI is InChI=1S/C18H21FN4O2/c1-21-6-5-20-17(21)11-22-9-15-16(10-22)25-12-18(24)23(15)8-13-3-2-4-14(19)7-13/h2-7,15-16H,8-12H2,1H3/t15-,16-/m1/s1. The second-order valence-corrected chi connectivity index (χ2v) is 6.72. The van der Waals surface area contributed by atoms with Gasteiger partial charge in [-0.1, -0.05) is 12.1 Å². The Hall–Kier alpha value is -2.25. The summed E-state index contributed by atoms with van der Waals surface area (Å²) in [5.74, 6) is 0.670. The number of rotatable bonds is 4. The molecule has 0 N–H and O–H groups in total. The van der Waals surface area contributed by atoms with Crippen molar-refractivity contribution in [1.82, 2.24) is 19.4 Å². The first-order valence-electron chi connectivity index (χ1n) is 8.44. The fraction of sp³-hybridized carbons (Fsp3) is 0.444. The van der Waals surface area contributed by atoms with Crippen molar-refractivity contribution < 1.29 is 13.9 Å². The van der Waals surface area contributed by atoms with Crippen LogP contribution in [0, 0.1) is 5.82 Å². The molecular weight excluding hydrogens is 323 g/mol. The molecule has 6 nitrogen and oxygen atoms in total. The highest BCUT2D eigenvalue weighted by atomic mass is 19.1. The summed E-state index contributed by atoms with van der Waals surface area (Å²) < 4.78 is 21.2. The molecule has 0 bridgehead atoms. The van der Waals surface area contributed by atoms with Crippen LogP contribution in [0.5, 0.6) is 0 Å². The largest absolute Gasteiger partial charge is 0.365 e. The highest BCUT2D eigenvalue weighted by Crippen LogP contribution is 2.26. The molecule has 4 rings (SSSR count). The van der Waals surface area contributed by atoms with E-state index in [0.717, 1.165) is 31.0 Å². The molecule has 0 aliphatic carbocycles. The molecule has 1 aromatic heterocycles. The second kappa shape index (κ2) is 6.57. The topological polar surface area (TPSA) is 50.6 Å². The van der Waals surface area contributed by atoms with Gasteiger partial charge in [0, 0.05) is 39.1 Å². The summed E-state index contributed by atoms with van der Waals surface area (Å²) in [5, 5.41) is 0. The zero-order valence-electron chi connectivity index (χ0n) is 14.1. The Labute approximate surface area is 145 Å². The molecule has 0 spiro atoms. The summed E-state index contributed by atoms with van der Waals surface area (Å²) in [7, 11) is 1.97. The average molecular weight is 344 g/mol. The van der Waals surface area contributed by atoms with E-state index >= 15 is 0 Å². The SMILES string of the molecule is Cn1ccnc1CN1C[C@@H]2[C@@H](C1)OCC(=O)N2Cc1cccc(F)c1. The lowest BCUT2D eigenvalue weighted by Gasteiger charge is -2.36. The van der Waals surface area contributed by atoms with Crippen molar-refractivity contribution in [2.75, 3.05) is 19.7 Å². The van der Waals surface area contributed by atoms with Crippen molar-refractivity contribution in [3.05, 3.63) is 53.9 Å². The van der Waals surface area contributed by atoms with Crippen LogP contribution >= 0.6 is 0 Å². The molecule has 2 aliphatic heterocycles. The number of carbonyl (C=O) groups is 1. The van der Waals surface area contributed by atoms with Gasteiger partial charge in [-0.2, -0.15) is 0 Å². The summed E-state index contributed by atoms with van der Waals surface area (Å²) in [5.41, 5.74) is 0.802. The molecule has 0 radical (unpaired) electrons. The summed E-state index contributed by atoms with van der Waals surface area (Å²) in [4.78, 5) is 20.8. The molecule has 1 aromatic carbocycles. The Bertz CT molecular complexity index is 778. The van der Waals surface area contributed by atoms with E-state index in [0.29, 0.717) is 6.54 Å². The van der Waals surface area contributed by atoms with Crippen LogP contribution in [0.3, 0.4) is 0 Å². The number of fused-ring (bicyclic) bond motifs is 1. The molecule has 2 atom stereocenters. The van der Waals surface area contributed by atoms with Crippen LogP contribution in [0.25, 0.3) is 0 Å². The Morgan fingerprint density at radius 1 is 1.32 bits per heavy atom. The maximum Gasteiger partial charge on any atom is 0.249 e. The Morgan fingerprint density at radius 3 is 2.96 bits per heavy atom. The van der Waals surface area contributed by atoms with Crippen LogP contribution in [-0.4, -0.2) is 57.1 Å². The van der Waals surface area contributed by atoms with Crippen molar-refractivity contribution in [2.24, 2.45) is 7.05 Å². The fourth-order valence-electron chi connectivity index (χ4n) is 3.66. The van der Waals surface area contributed by atoms with E-state index in [-0.39, 0.29) is 30.5 Å². The molecule has 1 amide bonds. The lowest BCUT2D eigenvalue weighted by Crippen LogP contribution is -2.53. The number of benzene rings is 1. The molecule has 7 heteroatoms. The highest BCUT2D eigenvalue weighted by molar-refractivity contribution is 5.78. The third-order valence-electron chi connectivity index (χ3n) is 4.98. The van der Waals surface area contributed by atoms with E-state index < -0.39 is 0 Å². The molecule has 3 heterocycles. The van der Waals surface area contributed by atoms with Crippen LogP contribution in [0.4, 0.5) is 4.39 Å². The molecule has 0 unspecified atom stereocenters. The minimum absolute atomic E-state index is 0.00784. The Kier molecular flexibility index (Phi) is 4.27. The van der Waals surface area contributed by atoms with Crippen molar-refractivity contribution >= 4 is 5.91 Å². The maximum absolute atomic E-state index is 13.5. The number of nitrogens with zero attached hydrogens (tertiary/aromatic N) is 4. The molecule has 0 saturated carbocycles. The van der Waals surface area contributed by atoms with E-state index in [1.54, 1.807) is 12.3 Å². The molecule has 2 saturated heterocycles. The van der Waals surface area contributed by atoms with Gasteiger partial charge in [0.1, 0.15) is 18.2 Å². The van der Waals surface area contributed by atoms with Gasteiger partial charge < -0.3 is 14.2 Å². The number of hydrogen-bond acceptors (Lipinski definition) is 4. The number of amides is 1. The van der Waals surface area contributed by atoms with Gasteiger partial charge in [-0.05, 0) is 17.7 Å². The predicted octanol–water partition coefficient (Wildman–Crippen LogP) is 1.17. The summed E-state index contributed by atoms with van der Waals surface area (Å²) >= 11 is 0. The highest BCUT2D eigenvalue weighted by Gasteiger charge is 2.43. The number of morpholine rings is 1.